The first-order valence-electron chi connectivity index (χ1n) is 7.54. The van der Waals surface area contributed by atoms with Gasteiger partial charge < -0.3 is 15.4 Å². The summed E-state index contributed by atoms with van der Waals surface area (Å²) in [4.78, 5) is 23.7. The summed E-state index contributed by atoms with van der Waals surface area (Å²) in [6.45, 7) is 2.15. The van der Waals surface area contributed by atoms with Crippen LogP contribution in [-0.2, 0) is 16.0 Å². The third kappa shape index (κ3) is 4.49. The molecule has 0 saturated carbocycles. The maximum atomic E-state index is 12.1. The SMILES string of the molecule is CCc1ccccc1NCC(=O)Nc1cc(C(=O)OC)ccc1Cl. The average molecular weight is 347 g/mol. The van der Waals surface area contributed by atoms with Crippen LogP contribution in [0.1, 0.15) is 22.8 Å². The van der Waals surface area contributed by atoms with Crippen molar-refractivity contribution in [2.24, 2.45) is 0 Å². The fourth-order valence-corrected chi connectivity index (χ4v) is 2.40. The molecule has 6 heteroatoms. The molecule has 0 radical (unpaired) electrons. The molecule has 0 heterocycles. The predicted octanol–water partition coefficient (Wildman–Crippen LogP) is 3.74. The summed E-state index contributed by atoms with van der Waals surface area (Å²) in [6.07, 6.45) is 0.873. The van der Waals surface area contributed by atoms with Crippen LogP contribution in [0.3, 0.4) is 0 Å². The van der Waals surface area contributed by atoms with Crippen molar-refractivity contribution >= 4 is 34.9 Å². The second kappa shape index (κ2) is 8.36. The van der Waals surface area contributed by atoms with Gasteiger partial charge in [-0.15, -0.1) is 0 Å². The van der Waals surface area contributed by atoms with E-state index in [0.29, 0.717) is 16.3 Å². The highest BCUT2D eigenvalue weighted by molar-refractivity contribution is 6.33. The molecule has 2 aromatic carbocycles. The number of para-hydroxylation sites is 1. The van der Waals surface area contributed by atoms with Gasteiger partial charge in [-0.05, 0) is 36.2 Å². The monoisotopic (exact) mass is 346 g/mol. The molecular formula is C18H19ClN2O3. The van der Waals surface area contributed by atoms with Crippen molar-refractivity contribution in [2.45, 2.75) is 13.3 Å². The zero-order valence-electron chi connectivity index (χ0n) is 13.6. The van der Waals surface area contributed by atoms with E-state index in [9.17, 15) is 9.59 Å². The Kier molecular flexibility index (Phi) is 6.21. The summed E-state index contributed by atoms with van der Waals surface area (Å²) in [7, 11) is 1.30. The highest BCUT2D eigenvalue weighted by Crippen LogP contribution is 2.23. The quantitative estimate of drug-likeness (QED) is 0.782. The van der Waals surface area contributed by atoms with Crippen molar-refractivity contribution in [3.63, 3.8) is 0 Å². The maximum Gasteiger partial charge on any atom is 0.337 e. The fraction of sp³-hybridized carbons (Fsp3) is 0.222. The molecule has 0 aliphatic rings. The van der Waals surface area contributed by atoms with Crippen LogP contribution >= 0.6 is 11.6 Å². The van der Waals surface area contributed by atoms with E-state index in [1.807, 2.05) is 24.3 Å². The van der Waals surface area contributed by atoms with Crippen LogP contribution in [0, 0.1) is 0 Å². The van der Waals surface area contributed by atoms with Gasteiger partial charge >= 0.3 is 5.97 Å². The number of methoxy groups -OCH3 is 1. The topological polar surface area (TPSA) is 67.4 Å². The molecule has 0 aliphatic carbocycles. The number of carbonyl (C=O) groups excluding carboxylic acids is 2. The lowest BCUT2D eigenvalue weighted by atomic mass is 10.1. The molecule has 0 unspecified atom stereocenters. The summed E-state index contributed by atoms with van der Waals surface area (Å²) >= 11 is 6.07. The van der Waals surface area contributed by atoms with E-state index >= 15 is 0 Å². The minimum absolute atomic E-state index is 0.0930. The summed E-state index contributed by atoms with van der Waals surface area (Å²) in [5.41, 5.74) is 2.75. The van der Waals surface area contributed by atoms with Crippen molar-refractivity contribution in [1.29, 1.82) is 0 Å². The maximum absolute atomic E-state index is 12.1. The van der Waals surface area contributed by atoms with Gasteiger partial charge in [-0.3, -0.25) is 4.79 Å². The van der Waals surface area contributed by atoms with Crippen molar-refractivity contribution in [3.05, 3.63) is 58.6 Å². The normalized spacial score (nSPS) is 10.1. The first kappa shape index (κ1) is 17.8. The fourth-order valence-electron chi connectivity index (χ4n) is 2.24. The summed E-state index contributed by atoms with van der Waals surface area (Å²) < 4.78 is 4.66. The Balaban J connectivity index is 2.03. The van der Waals surface area contributed by atoms with Crippen molar-refractivity contribution < 1.29 is 14.3 Å². The van der Waals surface area contributed by atoms with Gasteiger partial charge in [-0.25, -0.2) is 4.79 Å². The molecule has 5 nitrogen and oxygen atoms in total. The highest BCUT2D eigenvalue weighted by atomic mass is 35.5. The molecule has 0 spiro atoms. The molecule has 24 heavy (non-hydrogen) atoms. The number of carbonyl (C=O) groups is 2. The molecule has 0 bridgehead atoms. The van der Waals surface area contributed by atoms with Crippen LogP contribution < -0.4 is 10.6 Å². The van der Waals surface area contributed by atoms with E-state index in [2.05, 4.69) is 22.3 Å². The molecule has 0 saturated heterocycles. The minimum Gasteiger partial charge on any atom is -0.465 e. The number of anilines is 2. The second-order valence-corrected chi connectivity index (χ2v) is 5.51. The van der Waals surface area contributed by atoms with Gasteiger partial charge in [0.05, 0.1) is 29.9 Å². The lowest BCUT2D eigenvalue weighted by molar-refractivity contribution is -0.114. The van der Waals surface area contributed by atoms with Gasteiger partial charge in [0.1, 0.15) is 0 Å². The predicted molar refractivity (Wildman–Crippen MR) is 95.7 cm³/mol. The third-order valence-corrected chi connectivity index (χ3v) is 3.83. The van der Waals surface area contributed by atoms with Crippen LogP contribution in [0.4, 0.5) is 11.4 Å². The van der Waals surface area contributed by atoms with Crippen molar-refractivity contribution in [3.8, 4) is 0 Å². The number of hydrogen-bond acceptors (Lipinski definition) is 4. The molecule has 0 atom stereocenters. The standard InChI is InChI=1S/C18H19ClN2O3/c1-3-12-6-4-5-7-15(12)20-11-17(22)21-16-10-13(18(23)24-2)8-9-14(16)19/h4-10,20H,3,11H2,1-2H3,(H,21,22). The van der Waals surface area contributed by atoms with E-state index in [4.69, 9.17) is 11.6 Å². The molecule has 126 valence electrons. The van der Waals surface area contributed by atoms with E-state index in [1.54, 1.807) is 12.1 Å². The highest BCUT2D eigenvalue weighted by Gasteiger charge is 2.11. The van der Waals surface area contributed by atoms with E-state index in [1.165, 1.54) is 13.2 Å². The Hall–Kier alpha value is -2.53. The Morgan fingerprint density at radius 1 is 1.12 bits per heavy atom. The van der Waals surface area contributed by atoms with E-state index in [-0.39, 0.29) is 12.5 Å². The second-order valence-electron chi connectivity index (χ2n) is 5.10. The van der Waals surface area contributed by atoms with Gasteiger partial charge in [0, 0.05) is 5.69 Å². The Labute approximate surface area is 146 Å². The van der Waals surface area contributed by atoms with Crippen molar-refractivity contribution in [2.75, 3.05) is 24.3 Å². The molecule has 1 amide bonds. The first-order chi connectivity index (χ1) is 11.5. The minimum atomic E-state index is -0.489. The Morgan fingerprint density at radius 2 is 1.88 bits per heavy atom. The molecule has 2 aromatic rings. The smallest absolute Gasteiger partial charge is 0.337 e. The third-order valence-electron chi connectivity index (χ3n) is 3.50. The molecular weight excluding hydrogens is 328 g/mol. The summed E-state index contributed by atoms with van der Waals surface area (Å²) in [5, 5.41) is 6.15. The van der Waals surface area contributed by atoms with E-state index in [0.717, 1.165) is 17.7 Å². The summed E-state index contributed by atoms with van der Waals surface area (Å²) in [6, 6.07) is 12.4. The van der Waals surface area contributed by atoms with Gasteiger partial charge in [0.15, 0.2) is 0 Å². The zero-order valence-corrected chi connectivity index (χ0v) is 14.3. The zero-order chi connectivity index (χ0) is 17.5. The van der Waals surface area contributed by atoms with Crippen LogP contribution in [0.2, 0.25) is 5.02 Å². The molecule has 0 fully saturated rings. The Bertz CT molecular complexity index is 747. The molecule has 2 N–H and O–H groups in total. The van der Waals surface area contributed by atoms with Crippen LogP contribution in [0.25, 0.3) is 0 Å². The van der Waals surface area contributed by atoms with Crippen LogP contribution in [-0.4, -0.2) is 25.5 Å². The number of rotatable bonds is 6. The number of halogens is 1. The van der Waals surface area contributed by atoms with Crippen LogP contribution in [0.15, 0.2) is 42.5 Å². The van der Waals surface area contributed by atoms with Gasteiger partial charge in [0.25, 0.3) is 0 Å². The number of ether oxygens (including phenoxy) is 1. The number of amides is 1. The van der Waals surface area contributed by atoms with Crippen molar-refractivity contribution in [1.82, 2.24) is 0 Å². The number of hydrogen-bond donors (Lipinski definition) is 2. The number of aryl methyl sites for hydroxylation is 1. The van der Waals surface area contributed by atoms with Crippen LogP contribution in [0.5, 0.6) is 0 Å². The number of nitrogens with one attached hydrogen (secondary N) is 2. The lowest BCUT2D eigenvalue weighted by Gasteiger charge is -2.12. The van der Waals surface area contributed by atoms with E-state index < -0.39 is 5.97 Å². The lowest BCUT2D eigenvalue weighted by Crippen LogP contribution is -2.22. The molecule has 2 rings (SSSR count). The molecule has 0 aliphatic heterocycles. The average Bonchev–Trinajstić information content (AvgIpc) is 2.61. The largest absolute Gasteiger partial charge is 0.465 e. The summed E-state index contributed by atoms with van der Waals surface area (Å²) in [5.74, 6) is -0.748. The van der Waals surface area contributed by atoms with Gasteiger partial charge in [-0.1, -0.05) is 36.7 Å². The first-order valence-corrected chi connectivity index (χ1v) is 7.92. The number of esters is 1. The Morgan fingerprint density at radius 3 is 2.58 bits per heavy atom. The number of benzene rings is 2. The van der Waals surface area contributed by atoms with Gasteiger partial charge in [0.2, 0.25) is 5.91 Å². The van der Waals surface area contributed by atoms with Gasteiger partial charge in [-0.2, -0.15) is 0 Å². The molecule has 0 aromatic heterocycles.